The van der Waals surface area contributed by atoms with Crippen molar-refractivity contribution < 1.29 is 9.13 Å². The lowest BCUT2D eigenvalue weighted by Gasteiger charge is -2.09. The molecule has 0 spiro atoms. The standard InChI is InChI=1S/C18H16FN3O/c1-13-10-16(7-9-20-13)22-12-14-6-8-21-18(11-14)23-17-4-2-15(19)3-5-17/h2-11H,12H2,1H3,(H,20,22). The minimum Gasteiger partial charge on any atom is -0.439 e. The summed E-state index contributed by atoms with van der Waals surface area (Å²) in [5.74, 6) is 0.728. The Morgan fingerprint density at radius 3 is 2.57 bits per heavy atom. The Balaban J connectivity index is 1.66. The van der Waals surface area contributed by atoms with Gasteiger partial charge in [0.05, 0.1) is 0 Å². The normalized spacial score (nSPS) is 10.3. The van der Waals surface area contributed by atoms with Gasteiger partial charge in [-0.25, -0.2) is 9.37 Å². The highest BCUT2D eigenvalue weighted by atomic mass is 19.1. The van der Waals surface area contributed by atoms with Crippen LogP contribution in [0.2, 0.25) is 0 Å². The zero-order valence-electron chi connectivity index (χ0n) is 12.7. The minimum absolute atomic E-state index is 0.295. The van der Waals surface area contributed by atoms with Crippen molar-refractivity contribution in [3.8, 4) is 11.6 Å². The molecule has 1 N–H and O–H groups in total. The Bertz CT molecular complexity index is 790. The summed E-state index contributed by atoms with van der Waals surface area (Å²) in [6.07, 6.45) is 3.46. The lowest BCUT2D eigenvalue weighted by molar-refractivity contribution is 0.460. The Morgan fingerprint density at radius 2 is 1.78 bits per heavy atom. The molecule has 0 saturated carbocycles. The van der Waals surface area contributed by atoms with Gasteiger partial charge in [-0.15, -0.1) is 0 Å². The van der Waals surface area contributed by atoms with Crippen molar-refractivity contribution in [1.29, 1.82) is 0 Å². The maximum Gasteiger partial charge on any atom is 0.219 e. The van der Waals surface area contributed by atoms with Crippen molar-refractivity contribution in [2.24, 2.45) is 0 Å². The molecule has 116 valence electrons. The third-order valence-electron chi connectivity index (χ3n) is 3.23. The average Bonchev–Trinajstić information content (AvgIpc) is 2.56. The number of rotatable bonds is 5. The van der Waals surface area contributed by atoms with Crippen LogP contribution >= 0.6 is 0 Å². The zero-order valence-corrected chi connectivity index (χ0v) is 12.7. The highest BCUT2D eigenvalue weighted by molar-refractivity contribution is 5.43. The van der Waals surface area contributed by atoms with Gasteiger partial charge in [0.2, 0.25) is 5.88 Å². The van der Waals surface area contributed by atoms with Crippen molar-refractivity contribution in [2.75, 3.05) is 5.32 Å². The van der Waals surface area contributed by atoms with Gasteiger partial charge in [0.25, 0.3) is 0 Å². The van der Waals surface area contributed by atoms with E-state index in [1.165, 1.54) is 12.1 Å². The third kappa shape index (κ3) is 4.26. The van der Waals surface area contributed by atoms with E-state index in [1.54, 1.807) is 24.5 Å². The predicted molar refractivity (Wildman–Crippen MR) is 87.0 cm³/mol. The number of ether oxygens (including phenoxy) is 1. The predicted octanol–water partition coefficient (Wildman–Crippen LogP) is 4.33. The molecule has 0 aliphatic carbocycles. The molecule has 1 aromatic carbocycles. The number of pyridine rings is 2. The van der Waals surface area contributed by atoms with Gasteiger partial charge in [-0.05, 0) is 55.0 Å². The molecule has 0 unspecified atom stereocenters. The van der Waals surface area contributed by atoms with Crippen LogP contribution in [-0.2, 0) is 6.54 Å². The molecule has 0 amide bonds. The summed E-state index contributed by atoms with van der Waals surface area (Å²) in [5.41, 5.74) is 3.01. The van der Waals surface area contributed by atoms with Crippen molar-refractivity contribution in [1.82, 2.24) is 9.97 Å². The van der Waals surface area contributed by atoms with Crippen LogP contribution in [0.3, 0.4) is 0 Å². The molecule has 2 heterocycles. The van der Waals surface area contributed by atoms with Gasteiger partial charge in [-0.2, -0.15) is 0 Å². The van der Waals surface area contributed by atoms with Gasteiger partial charge in [0, 0.05) is 36.4 Å². The summed E-state index contributed by atoms with van der Waals surface area (Å²) >= 11 is 0. The van der Waals surface area contributed by atoms with Crippen LogP contribution in [-0.4, -0.2) is 9.97 Å². The number of anilines is 1. The number of halogens is 1. The van der Waals surface area contributed by atoms with E-state index in [4.69, 9.17) is 4.74 Å². The van der Waals surface area contributed by atoms with Crippen LogP contribution in [0.1, 0.15) is 11.3 Å². The topological polar surface area (TPSA) is 47.0 Å². The number of hydrogen-bond donors (Lipinski definition) is 1. The SMILES string of the molecule is Cc1cc(NCc2ccnc(Oc3ccc(F)cc3)c2)ccn1. The quantitative estimate of drug-likeness (QED) is 0.762. The average molecular weight is 309 g/mol. The summed E-state index contributed by atoms with van der Waals surface area (Å²) in [4.78, 5) is 8.34. The first-order valence-corrected chi connectivity index (χ1v) is 7.24. The summed E-state index contributed by atoms with van der Waals surface area (Å²) in [7, 11) is 0. The van der Waals surface area contributed by atoms with Gasteiger partial charge in [-0.1, -0.05) is 0 Å². The number of nitrogens with one attached hydrogen (secondary N) is 1. The fourth-order valence-electron chi connectivity index (χ4n) is 2.10. The fraction of sp³-hybridized carbons (Fsp3) is 0.111. The third-order valence-corrected chi connectivity index (χ3v) is 3.23. The molecular weight excluding hydrogens is 293 g/mol. The van der Waals surface area contributed by atoms with Crippen LogP contribution in [0.5, 0.6) is 11.6 Å². The van der Waals surface area contributed by atoms with E-state index >= 15 is 0 Å². The molecule has 0 bridgehead atoms. The molecule has 0 saturated heterocycles. The van der Waals surface area contributed by atoms with Crippen molar-refractivity contribution >= 4 is 5.69 Å². The number of aryl methyl sites for hydroxylation is 1. The Morgan fingerprint density at radius 1 is 1.00 bits per heavy atom. The van der Waals surface area contributed by atoms with Crippen LogP contribution in [0, 0.1) is 12.7 Å². The maximum atomic E-state index is 12.9. The molecule has 2 aromatic heterocycles. The number of nitrogens with zero attached hydrogens (tertiary/aromatic N) is 2. The monoisotopic (exact) mass is 309 g/mol. The molecule has 4 nitrogen and oxygen atoms in total. The lowest BCUT2D eigenvalue weighted by Crippen LogP contribution is -2.00. The van der Waals surface area contributed by atoms with Crippen molar-refractivity contribution in [2.45, 2.75) is 13.5 Å². The van der Waals surface area contributed by atoms with Gasteiger partial charge in [0.15, 0.2) is 0 Å². The second kappa shape index (κ2) is 6.87. The first-order valence-electron chi connectivity index (χ1n) is 7.24. The largest absolute Gasteiger partial charge is 0.439 e. The second-order valence-electron chi connectivity index (χ2n) is 5.10. The van der Waals surface area contributed by atoms with E-state index in [9.17, 15) is 4.39 Å². The zero-order chi connectivity index (χ0) is 16.1. The maximum absolute atomic E-state index is 12.9. The summed E-state index contributed by atoms with van der Waals surface area (Å²) in [5, 5.41) is 3.33. The van der Waals surface area contributed by atoms with Crippen molar-refractivity contribution in [3.05, 3.63) is 78.0 Å². The second-order valence-corrected chi connectivity index (χ2v) is 5.10. The van der Waals surface area contributed by atoms with Crippen LogP contribution in [0.25, 0.3) is 0 Å². The summed E-state index contributed by atoms with van der Waals surface area (Å²) in [6, 6.07) is 13.5. The van der Waals surface area contributed by atoms with Crippen LogP contribution in [0.15, 0.2) is 60.9 Å². The lowest BCUT2D eigenvalue weighted by atomic mass is 10.2. The van der Waals surface area contributed by atoms with Crippen molar-refractivity contribution in [3.63, 3.8) is 0 Å². The smallest absolute Gasteiger partial charge is 0.219 e. The fourth-order valence-corrected chi connectivity index (χ4v) is 2.10. The molecular formula is C18H16FN3O. The number of aromatic nitrogens is 2. The highest BCUT2D eigenvalue weighted by Crippen LogP contribution is 2.20. The Labute approximate surface area is 134 Å². The molecule has 0 atom stereocenters. The van der Waals surface area contributed by atoms with Crippen LogP contribution < -0.4 is 10.1 Å². The molecule has 0 fully saturated rings. The van der Waals surface area contributed by atoms with Gasteiger partial charge < -0.3 is 10.1 Å². The molecule has 5 heteroatoms. The number of benzene rings is 1. The first kappa shape index (κ1) is 15.0. The molecule has 0 aliphatic heterocycles. The minimum atomic E-state index is -0.295. The van der Waals surface area contributed by atoms with Gasteiger partial charge >= 0.3 is 0 Å². The van der Waals surface area contributed by atoms with E-state index in [1.807, 2.05) is 31.2 Å². The molecule has 3 aromatic rings. The number of hydrogen-bond acceptors (Lipinski definition) is 4. The van der Waals surface area contributed by atoms with E-state index in [-0.39, 0.29) is 5.82 Å². The Kier molecular flexibility index (Phi) is 4.47. The van der Waals surface area contributed by atoms with Gasteiger partial charge in [0.1, 0.15) is 11.6 Å². The summed E-state index contributed by atoms with van der Waals surface area (Å²) in [6.45, 7) is 2.60. The summed E-state index contributed by atoms with van der Waals surface area (Å²) < 4.78 is 18.5. The molecule has 23 heavy (non-hydrogen) atoms. The van der Waals surface area contributed by atoms with Crippen LogP contribution in [0.4, 0.5) is 10.1 Å². The molecule has 3 rings (SSSR count). The van der Waals surface area contributed by atoms with E-state index in [0.29, 0.717) is 18.2 Å². The van der Waals surface area contributed by atoms with E-state index in [0.717, 1.165) is 16.9 Å². The van der Waals surface area contributed by atoms with E-state index < -0.39 is 0 Å². The molecule has 0 radical (unpaired) electrons. The van der Waals surface area contributed by atoms with Gasteiger partial charge in [-0.3, -0.25) is 4.98 Å². The van der Waals surface area contributed by atoms with E-state index in [2.05, 4.69) is 15.3 Å². The Hall–Kier alpha value is -2.95. The first-order chi connectivity index (χ1) is 11.2. The molecule has 0 aliphatic rings. The highest BCUT2D eigenvalue weighted by Gasteiger charge is 2.02.